The first-order chi connectivity index (χ1) is 8.72. The summed E-state index contributed by atoms with van der Waals surface area (Å²) >= 11 is 1.89. The molecule has 1 aliphatic rings. The van der Waals surface area contributed by atoms with Crippen molar-refractivity contribution in [3.05, 3.63) is 22.4 Å². The van der Waals surface area contributed by atoms with E-state index >= 15 is 0 Å². The van der Waals surface area contributed by atoms with Crippen molar-refractivity contribution in [3.8, 4) is 0 Å². The number of rotatable bonds is 8. The van der Waals surface area contributed by atoms with Crippen LogP contribution in [0, 0.1) is 5.92 Å². The molecule has 1 aromatic rings. The van der Waals surface area contributed by atoms with Gasteiger partial charge in [0.15, 0.2) is 0 Å². The first-order valence-electron chi connectivity index (χ1n) is 7.21. The number of likely N-dealkylation sites (N-methyl/N-ethyl adjacent to an activating group) is 1. The maximum absolute atomic E-state index is 3.53. The molecule has 0 spiro atoms. The van der Waals surface area contributed by atoms with E-state index in [1.54, 1.807) is 0 Å². The third-order valence-corrected chi connectivity index (χ3v) is 4.59. The summed E-state index contributed by atoms with van der Waals surface area (Å²) in [6, 6.07) is 5.93. The van der Waals surface area contributed by atoms with Crippen LogP contribution >= 0.6 is 11.3 Å². The van der Waals surface area contributed by atoms with E-state index in [0.717, 1.165) is 25.7 Å². The highest BCUT2D eigenvalue weighted by atomic mass is 32.1. The fourth-order valence-electron chi connectivity index (χ4n) is 2.53. The zero-order chi connectivity index (χ0) is 13.0. The average molecular weight is 266 g/mol. The van der Waals surface area contributed by atoms with Gasteiger partial charge in [-0.05, 0) is 36.8 Å². The van der Waals surface area contributed by atoms with Gasteiger partial charge < -0.3 is 5.32 Å². The summed E-state index contributed by atoms with van der Waals surface area (Å²) < 4.78 is 0. The Hall–Kier alpha value is -0.380. The van der Waals surface area contributed by atoms with Crippen LogP contribution in [-0.4, -0.2) is 30.1 Å². The topological polar surface area (TPSA) is 15.3 Å². The van der Waals surface area contributed by atoms with Crippen LogP contribution in [0.3, 0.4) is 0 Å². The Morgan fingerprint density at radius 2 is 2.22 bits per heavy atom. The highest BCUT2D eigenvalue weighted by molar-refractivity contribution is 7.09. The Labute approximate surface area is 115 Å². The summed E-state index contributed by atoms with van der Waals surface area (Å²) in [5.74, 6) is 0.713. The van der Waals surface area contributed by atoms with E-state index in [4.69, 9.17) is 0 Å². The molecule has 2 rings (SSSR count). The van der Waals surface area contributed by atoms with Gasteiger partial charge in [0.1, 0.15) is 0 Å². The number of thiophene rings is 1. The molecule has 1 aromatic heterocycles. The van der Waals surface area contributed by atoms with Crippen LogP contribution in [0.15, 0.2) is 17.5 Å². The second-order valence-electron chi connectivity index (χ2n) is 5.60. The van der Waals surface area contributed by atoms with E-state index in [1.807, 2.05) is 11.3 Å². The molecule has 3 heteroatoms. The molecule has 1 N–H and O–H groups in total. The minimum absolute atomic E-state index is 0.666. The second kappa shape index (κ2) is 6.69. The Kier molecular flexibility index (Phi) is 5.22. The molecule has 0 saturated heterocycles. The lowest BCUT2D eigenvalue weighted by molar-refractivity contribution is 0.136. The maximum atomic E-state index is 3.53. The van der Waals surface area contributed by atoms with Crippen molar-refractivity contribution >= 4 is 11.3 Å². The van der Waals surface area contributed by atoms with E-state index in [-0.39, 0.29) is 0 Å². The lowest BCUT2D eigenvalue weighted by Gasteiger charge is -2.34. The van der Waals surface area contributed by atoms with E-state index in [1.165, 1.54) is 17.7 Å². The van der Waals surface area contributed by atoms with Gasteiger partial charge >= 0.3 is 0 Å². The molecule has 0 aromatic carbocycles. The van der Waals surface area contributed by atoms with Crippen molar-refractivity contribution in [3.63, 3.8) is 0 Å². The molecule has 18 heavy (non-hydrogen) atoms. The summed E-state index contributed by atoms with van der Waals surface area (Å²) in [4.78, 5) is 4.24. The molecule has 2 nitrogen and oxygen atoms in total. The van der Waals surface area contributed by atoms with Crippen molar-refractivity contribution in [1.82, 2.24) is 10.2 Å². The molecule has 102 valence electrons. The maximum Gasteiger partial charge on any atom is 0.0334 e. The van der Waals surface area contributed by atoms with Crippen molar-refractivity contribution in [2.24, 2.45) is 5.92 Å². The van der Waals surface area contributed by atoms with Crippen molar-refractivity contribution in [1.29, 1.82) is 0 Å². The summed E-state index contributed by atoms with van der Waals surface area (Å²) in [7, 11) is 0. The summed E-state index contributed by atoms with van der Waals surface area (Å²) in [6.45, 7) is 10.2. The van der Waals surface area contributed by atoms with Crippen LogP contribution in [0.25, 0.3) is 0 Å². The number of hydrogen-bond acceptors (Lipinski definition) is 3. The Balaban J connectivity index is 2.01. The minimum Gasteiger partial charge on any atom is -0.315 e. The third kappa shape index (κ3) is 3.81. The second-order valence-corrected chi connectivity index (χ2v) is 6.63. The van der Waals surface area contributed by atoms with Gasteiger partial charge in [-0.25, -0.2) is 0 Å². The van der Waals surface area contributed by atoms with Crippen molar-refractivity contribution < 1.29 is 0 Å². The normalized spacial score (nSPS) is 17.6. The number of nitrogens with one attached hydrogen (secondary N) is 1. The fourth-order valence-corrected chi connectivity index (χ4v) is 3.25. The molecule has 1 heterocycles. The molecule has 0 bridgehead atoms. The SMILES string of the molecule is CCNCC(C(C)C)N(Cc1cccs1)C1CC1. The molecule has 1 saturated carbocycles. The van der Waals surface area contributed by atoms with Gasteiger partial charge in [0.25, 0.3) is 0 Å². The van der Waals surface area contributed by atoms with Crippen LogP contribution in [0.1, 0.15) is 38.5 Å². The zero-order valence-electron chi connectivity index (χ0n) is 11.9. The van der Waals surface area contributed by atoms with Gasteiger partial charge in [-0.3, -0.25) is 4.90 Å². The average Bonchev–Trinajstić information content (AvgIpc) is 3.06. The lowest BCUT2D eigenvalue weighted by atomic mass is 10.0. The van der Waals surface area contributed by atoms with Crippen LogP contribution in [0.2, 0.25) is 0 Å². The fraction of sp³-hybridized carbons (Fsp3) is 0.733. The standard InChI is InChI=1S/C15H26N2S/c1-4-16-10-15(12(2)3)17(13-7-8-13)11-14-6-5-9-18-14/h5-6,9,12-13,15-16H,4,7-8,10-11H2,1-3H3. The molecular weight excluding hydrogens is 240 g/mol. The molecular formula is C15H26N2S. The number of hydrogen-bond donors (Lipinski definition) is 1. The van der Waals surface area contributed by atoms with E-state index in [9.17, 15) is 0 Å². The van der Waals surface area contributed by atoms with Crippen LogP contribution < -0.4 is 5.32 Å². The van der Waals surface area contributed by atoms with Gasteiger partial charge in [-0.1, -0.05) is 26.8 Å². The zero-order valence-corrected chi connectivity index (χ0v) is 12.7. The first-order valence-corrected chi connectivity index (χ1v) is 8.09. The van der Waals surface area contributed by atoms with Gasteiger partial charge in [0.05, 0.1) is 0 Å². The Morgan fingerprint density at radius 1 is 1.44 bits per heavy atom. The predicted molar refractivity (Wildman–Crippen MR) is 80.1 cm³/mol. The predicted octanol–water partition coefficient (Wildman–Crippen LogP) is 3.35. The van der Waals surface area contributed by atoms with Crippen LogP contribution in [-0.2, 0) is 6.54 Å². The minimum atomic E-state index is 0.666. The quantitative estimate of drug-likeness (QED) is 0.776. The van der Waals surface area contributed by atoms with Crippen LogP contribution in [0.4, 0.5) is 0 Å². The number of nitrogens with zero attached hydrogens (tertiary/aromatic N) is 1. The van der Waals surface area contributed by atoms with Gasteiger partial charge in [-0.2, -0.15) is 0 Å². The Bertz CT molecular complexity index is 330. The third-order valence-electron chi connectivity index (χ3n) is 3.73. The van der Waals surface area contributed by atoms with E-state index in [0.29, 0.717) is 12.0 Å². The smallest absolute Gasteiger partial charge is 0.0334 e. The van der Waals surface area contributed by atoms with E-state index in [2.05, 4.69) is 48.5 Å². The summed E-state index contributed by atoms with van der Waals surface area (Å²) in [5.41, 5.74) is 0. The molecule has 1 aliphatic carbocycles. The first kappa shape index (κ1) is 14.0. The molecule has 1 atom stereocenters. The van der Waals surface area contributed by atoms with Crippen molar-refractivity contribution in [2.75, 3.05) is 13.1 Å². The molecule has 1 unspecified atom stereocenters. The van der Waals surface area contributed by atoms with Crippen LogP contribution in [0.5, 0.6) is 0 Å². The molecule has 0 aliphatic heterocycles. The van der Waals surface area contributed by atoms with Crippen molar-refractivity contribution in [2.45, 2.75) is 52.2 Å². The molecule has 1 fully saturated rings. The lowest BCUT2D eigenvalue weighted by Crippen LogP contribution is -2.46. The Morgan fingerprint density at radius 3 is 2.72 bits per heavy atom. The largest absolute Gasteiger partial charge is 0.315 e. The highest BCUT2D eigenvalue weighted by Crippen LogP contribution is 2.32. The van der Waals surface area contributed by atoms with Gasteiger partial charge in [0, 0.05) is 30.1 Å². The van der Waals surface area contributed by atoms with Gasteiger partial charge in [0.2, 0.25) is 0 Å². The molecule has 0 amide bonds. The molecule has 0 radical (unpaired) electrons. The summed E-state index contributed by atoms with van der Waals surface area (Å²) in [5, 5.41) is 5.72. The van der Waals surface area contributed by atoms with Gasteiger partial charge in [-0.15, -0.1) is 11.3 Å². The monoisotopic (exact) mass is 266 g/mol. The summed E-state index contributed by atoms with van der Waals surface area (Å²) in [6.07, 6.45) is 2.78. The highest BCUT2D eigenvalue weighted by Gasteiger charge is 2.35. The van der Waals surface area contributed by atoms with E-state index < -0.39 is 0 Å².